The van der Waals surface area contributed by atoms with Gasteiger partial charge in [-0.3, -0.25) is 4.79 Å². The van der Waals surface area contributed by atoms with E-state index in [1.165, 1.54) is 6.20 Å². The van der Waals surface area contributed by atoms with Crippen LogP contribution in [-0.2, 0) is 0 Å². The average molecular weight is 181 g/mol. The number of hydrogen-bond acceptors (Lipinski definition) is 4. The van der Waals surface area contributed by atoms with E-state index in [4.69, 9.17) is 16.2 Å². The maximum Gasteiger partial charge on any atom is 0.254 e. The molecule has 0 radical (unpaired) electrons. The van der Waals surface area contributed by atoms with Crippen LogP contribution in [0.4, 0.5) is 0 Å². The summed E-state index contributed by atoms with van der Waals surface area (Å²) in [5, 5.41) is 0. The zero-order chi connectivity index (χ0) is 9.68. The standard InChI is InChI=1S/C8H11N3O2/c9-3-5-13-8-6(7(10)12)2-1-4-11-8/h1-2,4H,3,5,9H2,(H2,10,12). The SMILES string of the molecule is NCCOc1ncccc1C(N)=O. The van der Waals surface area contributed by atoms with E-state index in [9.17, 15) is 4.79 Å². The topological polar surface area (TPSA) is 91.2 Å². The third-order valence-corrected chi connectivity index (χ3v) is 1.39. The van der Waals surface area contributed by atoms with Crippen molar-refractivity contribution in [3.63, 3.8) is 0 Å². The molecule has 0 spiro atoms. The van der Waals surface area contributed by atoms with Gasteiger partial charge in [0.1, 0.15) is 12.2 Å². The molecule has 0 saturated carbocycles. The molecule has 0 aromatic carbocycles. The second-order valence-electron chi connectivity index (χ2n) is 2.36. The van der Waals surface area contributed by atoms with Crippen molar-refractivity contribution in [3.8, 4) is 5.88 Å². The van der Waals surface area contributed by atoms with E-state index in [-0.39, 0.29) is 11.4 Å². The lowest BCUT2D eigenvalue weighted by molar-refractivity contribution is 0.0995. The first-order chi connectivity index (χ1) is 6.25. The van der Waals surface area contributed by atoms with Gasteiger partial charge in [-0.25, -0.2) is 4.98 Å². The molecule has 0 aliphatic heterocycles. The molecule has 0 saturated heterocycles. The first-order valence-electron chi connectivity index (χ1n) is 3.83. The highest BCUT2D eigenvalue weighted by molar-refractivity contribution is 5.94. The lowest BCUT2D eigenvalue weighted by atomic mass is 10.2. The molecule has 1 amide bonds. The third-order valence-electron chi connectivity index (χ3n) is 1.39. The number of aromatic nitrogens is 1. The predicted octanol–water partition coefficient (Wildman–Crippen LogP) is -0.482. The number of primary amides is 1. The normalized spacial score (nSPS) is 9.62. The van der Waals surface area contributed by atoms with Gasteiger partial charge < -0.3 is 16.2 Å². The van der Waals surface area contributed by atoms with Gasteiger partial charge in [0.2, 0.25) is 5.88 Å². The highest BCUT2D eigenvalue weighted by Crippen LogP contribution is 2.12. The lowest BCUT2D eigenvalue weighted by Gasteiger charge is -2.05. The van der Waals surface area contributed by atoms with Crippen molar-refractivity contribution in [1.29, 1.82) is 0 Å². The molecule has 0 aliphatic rings. The Morgan fingerprint density at radius 2 is 2.38 bits per heavy atom. The first-order valence-corrected chi connectivity index (χ1v) is 3.83. The molecule has 0 fully saturated rings. The minimum Gasteiger partial charge on any atom is -0.476 e. The molecule has 70 valence electrons. The van der Waals surface area contributed by atoms with Gasteiger partial charge in [0.25, 0.3) is 5.91 Å². The number of carbonyl (C=O) groups excluding carboxylic acids is 1. The molecular weight excluding hydrogens is 170 g/mol. The van der Waals surface area contributed by atoms with Gasteiger partial charge in [-0.05, 0) is 12.1 Å². The first kappa shape index (κ1) is 9.47. The fourth-order valence-electron chi connectivity index (χ4n) is 0.849. The van der Waals surface area contributed by atoms with Gasteiger partial charge in [-0.15, -0.1) is 0 Å². The summed E-state index contributed by atoms with van der Waals surface area (Å²) in [4.78, 5) is 14.7. The van der Waals surface area contributed by atoms with E-state index in [1.54, 1.807) is 12.1 Å². The molecule has 1 rings (SSSR count). The second kappa shape index (κ2) is 4.42. The summed E-state index contributed by atoms with van der Waals surface area (Å²) in [5.74, 6) is -0.319. The molecule has 4 N–H and O–H groups in total. The fraction of sp³-hybridized carbons (Fsp3) is 0.250. The fourth-order valence-corrected chi connectivity index (χ4v) is 0.849. The van der Waals surface area contributed by atoms with Crippen molar-refractivity contribution >= 4 is 5.91 Å². The number of hydrogen-bond donors (Lipinski definition) is 2. The summed E-state index contributed by atoms with van der Waals surface area (Å²) in [6.07, 6.45) is 1.53. The van der Waals surface area contributed by atoms with E-state index in [2.05, 4.69) is 4.98 Å². The monoisotopic (exact) mass is 181 g/mol. The summed E-state index contributed by atoms with van der Waals surface area (Å²) in [7, 11) is 0. The Balaban J connectivity index is 2.84. The van der Waals surface area contributed by atoms with Crippen LogP contribution in [0, 0.1) is 0 Å². The number of nitrogens with two attached hydrogens (primary N) is 2. The summed E-state index contributed by atoms with van der Waals surface area (Å²) >= 11 is 0. The third kappa shape index (κ3) is 2.41. The van der Waals surface area contributed by atoms with E-state index in [0.717, 1.165) is 0 Å². The molecule has 1 aromatic heterocycles. The Bertz CT molecular complexity index is 301. The van der Waals surface area contributed by atoms with Gasteiger partial charge in [0, 0.05) is 12.7 Å². The Morgan fingerprint density at radius 3 is 3.00 bits per heavy atom. The maximum absolute atomic E-state index is 10.9. The summed E-state index contributed by atoms with van der Waals surface area (Å²) < 4.78 is 5.11. The zero-order valence-corrected chi connectivity index (χ0v) is 7.06. The molecule has 1 heterocycles. The van der Waals surface area contributed by atoms with Crippen molar-refractivity contribution in [3.05, 3.63) is 23.9 Å². The largest absolute Gasteiger partial charge is 0.476 e. The Labute approximate surface area is 75.7 Å². The molecule has 0 unspecified atom stereocenters. The van der Waals surface area contributed by atoms with E-state index < -0.39 is 5.91 Å². The number of rotatable bonds is 4. The summed E-state index contributed by atoms with van der Waals surface area (Å²) in [5.41, 5.74) is 10.6. The van der Waals surface area contributed by atoms with Crippen molar-refractivity contribution in [2.24, 2.45) is 11.5 Å². The molecule has 1 aromatic rings. The van der Waals surface area contributed by atoms with Crippen LogP contribution in [0.25, 0.3) is 0 Å². The molecule has 0 bridgehead atoms. The van der Waals surface area contributed by atoms with Gasteiger partial charge >= 0.3 is 0 Å². The Morgan fingerprint density at radius 1 is 1.62 bits per heavy atom. The quantitative estimate of drug-likeness (QED) is 0.656. The van der Waals surface area contributed by atoms with Crippen LogP contribution in [-0.4, -0.2) is 24.0 Å². The summed E-state index contributed by atoms with van der Waals surface area (Å²) in [6, 6.07) is 3.18. The van der Waals surface area contributed by atoms with Gasteiger partial charge in [0.05, 0.1) is 0 Å². The van der Waals surface area contributed by atoms with Crippen LogP contribution in [0.5, 0.6) is 5.88 Å². The van der Waals surface area contributed by atoms with Crippen LogP contribution in [0.1, 0.15) is 10.4 Å². The number of amides is 1. The molecule has 5 nitrogen and oxygen atoms in total. The highest BCUT2D eigenvalue weighted by Gasteiger charge is 2.08. The predicted molar refractivity (Wildman–Crippen MR) is 47.3 cm³/mol. The second-order valence-corrected chi connectivity index (χ2v) is 2.36. The summed E-state index contributed by atoms with van der Waals surface area (Å²) in [6.45, 7) is 0.687. The molecule has 13 heavy (non-hydrogen) atoms. The van der Waals surface area contributed by atoms with Crippen LogP contribution in [0.3, 0.4) is 0 Å². The Kier molecular flexibility index (Phi) is 3.22. The van der Waals surface area contributed by atoms with Crippen LogP contribution in [0.15, 0.2) is 18.3 Å². The smallest absolute Gasteiger partial charge is 0.254 e. The average Bonchev–Trinajstić information content (AvgIpc) is 2.15. The van der Waals surface area contributed by atoms with Crippen LogP contribution >= 0.6 is 0 Å². The van der Waals surface area contributed by atoms with Crippen molar-refractivity contribution < 1.29 is 9.53 Å². The van der Waals surface area contributed by atoms with E-state index >= 15 is 0 Å². The number of carbonyl (C=O) groups is 1. The van der Waals surface area contributed by atoms with Gasteiger partial charge in [0.15, 0.2) is 0 Å². The number of nitrogens with zero attached hydrogens (tertiary/aromatic N) is 1. The van der Waals surface area contributed by atoms with Crippen LogP contribution in [0.2, 0.25) is 0 Å². The van der Waals surface area contributed by atoms with Crippen molar-refractivity contribution in [2.75, 3.05) is 13.2 Å². The molecular formula is C8H11N3O2. The van der Waals surface area contributed by atoms with E-state index in [0.29, 0.717) is 13.2 Å². The minimum absolute atomic E-state index is 0.237. The van der Waals surface area contributed by atoms with Gasteiger partial charge in [-0.2, -0.15) is 0 Å². The van der Waals surface area contributed by atoms with E-state index in [1.807, 2.05) is 0 Å². The van der Waals surface area contributed by atoms with Crippen molar-refractivity contribution in [1.82, 2.24) is 4.98 Å². The van der Waals surface area contributed by atoms with Crippen LogP contribution < -0.4 is 16.2 Å². The maximum atomic E-state index is 10.9. The zero-order valence-electron chi connectivity index (χ0n) is 7.06. The molecule has 0 atom stereocenters. The molecule has 0 aliphatic carbocycles. The Hall–Kier alpha value is -1.62. The molecule has 5 heteroatoms. The number of ether oxygens (including phenoxy) is 1. The van der Waals surface area contributed by atoms with Crippen molar-refractivity contribution in [2.45, 2.75) is 0 Å². The lowest BCUT2D eigenvalue weighted by Crippen LogP contribution is -2.16. The number of pyridine rings is 1. The highest BCUT2D eigenvalue weighted by atomic mass is 16.5. The van der Waals surface area contributed by atoms with Gasteiger partial charge in [-0.1, -0.05) is 0 Å². The minimum atomic E-state index is -0.555.